The number of hydrogen-bond donors (Lipinski definition) is 0. The summed E-state index contributed by atoms with van der Waals surface area (Å²) in [6, 6.07) is 6.24. The average Bonchev–Trinajstić information content (AvgIpc) is 2.15. The van der Waals surface area contributed by atoms with Gasteiger partial charge in [0, 0.05) is 5.56 Å². The van der Waals surface area contributed by atoms with Gasteiger partial charge in [-0.05, 0) is 31.9 Å². The highest BCUT2D eigenvalue weighted by atomic mass is 14.0. The van der Waals surface area contributed by atoms with E-state index in [2.05, 4.69) is 43.9 Å². The molecule has 1 aromatic rings. The molecule has 0 nitrogen and oxygen atoms in total. The summed E-state index contributed by atoms with van der Waals surface area (Å²) in [7, 11) is 0. The molecule has 0 saturated carbocycles. The Kier molecular flexibility index (Phi) is 5.72. The monoisotopic (exact) mass is 174 g/mol. The predicted octanol–water partition coefficient (Wildman–Crippen LogP) is 3.70. The van der Waals surface area contributed by atoms with Gasteiger partial charge in [0.25, 0.3) is 0 Å². The second kappa shape index (κ2) is 6.31. The summed E-state index contributed by atoms with van der Waals surface area (Å²) in [6.07, 6.45) is 0. The fourth-order valence-electron chi connectivity index (χ4n) is 1.14. The fraction of sp³-hybridized carbons (Fsp3) is 0.385. The van der Waals surface area contributed by atoms with Gasteiger partial charge in [-0.25, -0.2) is 0 Å². The van der Waals surface area contributed by atoms with Crippen LogP contribution >= 0.6 is 0 Å². The molecule has 0 unspecified atom stereocenters. The molecule has 0 aromatic heterocycles. The van der Waals surface area contributed by atoms with Gasteiger partial charge >= 0.3 is 0 Å². The van der Waals surface area contributed by atoms with Crippen molar-refractivity contribution in [2.45, 2.75) is 34.6 Å². The molecule has 0 heterocycles. The Hall–Kier alpha value is -1.22. The predicted molar refractivity (Wildman–Crippen MR) is 59.8 cm³/mol. The molecule has 0 spiro atoms. The largest absolute Gasteiger partial charge is 0.101 e. The standard InChI is InChI=1S/C11H12.C2H6/c1-4-6-11-9(2)7-5-8-10(11)3;1-2/h5,7-8H,1-3H3;1-2H3. The van der Waals surface area contributed by atoms with Gasteiger partial charge in [0.05, 0.1) is 0 Å². The Morgan fingerprint density at radius 3 is 1.85 bits per heavy atom. The lowest BCUT2D eigenvalue weighted by molar-refractivity contribution is 1.35. The quantitative estimate of drug-likeness (QED) is 0.526. The lowest BCUT2D eigenvalue weighted by Gasteiger charge is -2.00. The van der Waals surface area contributed by atoms with E-state index in [-0.39, 0.29) is 0 Å². The van der Waals surface area contributed by atoms with E-state index in [0.717, 1.165) is 0 Å². The van der Waals surface area contributed by atoms with E-state index < -0.39 is 0 Å². The minimum atomic E-state index is 1.18. The maximum atomic E-state index is 3.09. The molecule has 13 heavy (non-hydrogen) atoms. The first-order valence-electron chi connectivity index (χ1n) is 4.74. The molecule has 0 radical (unpaired) electrons. The van der Waals surface area contributed by atoms with E-state index in [4.69, 9.17) is 0 Å². The summed E-state index contributed by atoms with van der Waals surface area (Å²) >= 11 is 0. The first-order valence-corrected chi connectivity index (χ1v) is 4.74. The van der Waals surface area contributed by atoms with Crippen LogP contribution in [0, 0.1) is 25.7 Å². The van der Waals surface area contributed by atoms with E-state index in [9.17, 15) is 0 Å². The molecule has 1 rings (SSSR count). The Morgan fingerprint density at radius 1 is 1.00 bits per heavy atom. The molecule has 1 aromatic carbocycles. The van der Waals surface area contributed by atoms with Gasteiger partial charge in [0.2, 0.25) is 0 Å². The third-order valence-electron chi connectivity index (χ3n) is 1.73. The summed E-state index contributed by atoms with van der Waals surface area (Å²) in [5.41, 5.74) is 3.70. The van der Waals surface area contributed by atoms with E-state index in [0.29, 0.717) is 0 Å². The Bertz CT molecular complexity index is 290. The van der Waals surface area contributed by atoms with Gasteiger partial charge in [-0.1, -0.05) is 38.0 Å². The molecular weight excluding hydrogens is 156 g/mol. The molecule has 0 atom stereocenters. The fourth-order valence-corrected chi connectivity index (χ4v) is 1.14. The van der Waals surface area contributed by atoms with Crippen LogP contribution in [0.3, 0.4) is 0 Å². The number of hydrogen-bond acceptors (Lipinski definition) is 0. The van der Waals surface area contributed by atoms with E-state index in [1.165, 1.54) is 16.7 Å². The zero-order valence-corrected chi connectivity index (χ0v) is 9.23. The number of aryl methyl sites for hydroxylation is 2. The smallest absolute Gasteiger partial charge is 0.0303 e. The normalized spacial score (nSPS) is 7.77. The molecule has 0 aliphatic rings. The van der Waals surface area contributed by atoms with Crippen LogP contribution in [0.1, 0.15) is 37.5 Å². The summed E-state index contributed by atoms with van der Waals surface area (Å²) in [6.45, 7) is 10.0. The van der Waals surface area contributed by atoms with Crippen LogP contribution in [0.25, 0.3) is 0 Å². The van der Waals surface area contributed by atoms with Crippen LogP contribution < -0.4 is 0 Å². The number of rotatable bonds is 0. The summed E-state index contributed by atoms with van der Waals surface area (Å²) in [5, 5.41) is 0. The zero-order valence-electron chi connectivity index (χ0n) is 9.23. The topological polar surface area (TPSA) is 0 Å². The molecule has 0 aliphatic heterocycles. The number of benzene rings is 1. The van der Waals surface area contributed by atoms with Gasteiger partial charge in [-0.2, -0.15) is 0 Å². The highest BCUT2D eigenvalue weighted by molar-refractivity contribution is 5.45. The van der Waals surface area contributed by atoms with Gasteiger partial charge < -0.3 is 0 Å². The van der Waals surface area contributed by atoms with Crippen LogP contribution in [0.5, 0.6) is 0 Å². The van der Waals surface area contributed by atoms with E-state index in [1.807, 2.05) is 20.8 Å². The van der Waals surface area contributed by atoms with Crippen molar-refractivity contribution in [3.8, 4) is 11.8 Å². The first kappa shape index (κ1) is 11.8. The zero-order chi connectivity index (χ0) is 10.3. The van der Waals surface area contributed by atoms with Gasteiger partial charge in [0.15, 0.2) is 0 Å². The van der Waals surface area contributed by atoms with E-state index in [1.54, 1.807) is 0 Å². The van der Waals surface area contributed by atoms with Gasteiger partial charge in [-0.3, -0.25) is 0 Å². The van der Waals surface area contributed by atoms with Crippen molar-refractivity contribution in [1.29, 1.82) is 0 Å². The van der Waals surface area contributed by atoms with Crippen molar-refractivity contribution in [2.24, 2.45) is 0 Å². The average molecular weight is 174 g/mol. The van der Waals surface area contributed by atoms with Crippen molar-refractivity contribution in [1.82, 2.24) is 0 Å². The SMILES string of the molecule is CC.CC#Cc1c(C)cccc1C. The lowest BCUT2D eigenvalue weighted by Crippen LogP contribution is -1.85. The van der Waals surface area contributed by atoms with Crippen LogP contribution in [0.2, 0.25) is 0 Å². The maximum absolute atomic E-state index is 3.09. The lowest BCUT2D eigenvalue weighted by atomic mass is 10.0. The minimum absolute atomic E-state index is 1.18. The highest BCUT2D eigenvalue weighted by Crippen LogP contribution is 2.10. The molecule has 0 saturated heterocycles. The van der Waals surface area contributed by atoms with Crippen LogP contribution in [0.4, 0.5) is 0 Å². The molecule has 0 amide bonds. The Morgan fingerprint density at radius 2 is 1.46 bits per heavy atom. The first-order chi connectivity index (χ1) is 6.25. The van der Waals surface area contributed by atoms with Crippen LogP contribution in [-0.4, -0.2) is 0 Å². The van der Waals surface area contributed by atoms with Crippen LogP contribution in [0.15, 0.2) is 18.2 Å². The second-order valence-corrected chi connectivity index (χ2v) is 2.64. The molecule has 0 fully saturated rings. The summed E-state index contributed by atoms with van der Waals surface area (Å²) < 4.78 is 0. The third kappa shape index (κ3) is 3.34. The third-order valence-corrected chi connectivity index (χ3v) is 1.73. The van der Waals surface area contributed by atoms with Crippen molar-refractivity contribution in [3.63, 3.8) is 0 Å². The maximum Gasteiger partial charge on any atom is 0.0303 e. The Labute approximate surface area is 82.0 Å². The Balaban J connectivity index is 0.000000671. The molecule has 0 bridgehead atoms. The van der Waals surface area contributed by atoms with Crippen LogP contribution in [-0.2, 0) is 0 Å². The van der Waals surface area contributed by atoms with Gasteiger partial charge in [0.1, 0.15) is 0 Å². The van der Waals surface area contributed by atoms with Crippen molar-refractivity contribution in [3.05, 3.63) is 34.9 Å². The van der Waals surface area contributed by atoms with Crippen molar-refractivity contribution in [2.75, 3.05) is 0 Å². The molecule has 70 valence electrons. The van der Waals surface area contributed by atoms with Gasteiger partial charge in [-0.15, -0.1) is 5.92 Å². The highest BCUT2D eigenvalue weighted by Gasteiger charge is 1.95. The molecule has 0 heteroatoms. The summed E-state index contributed by atoms with van der Waals surface area (Å²) in [5.74, 6) is 6.01. The van der Waals surface area contributed by atoms with Crippen molar-refractivity contribution >= 4 is 0 Å². The van der Waals surface area contributed by atoms with Crippen molar-refractivity contribution < 1.29 is 0 Å². The summed E-state index contributed by atoms with van der Waals surface area (Å²) in [4.78, 5) is 0. The molecular formula is C13H18. The van der Waals surface area contributed by atoms with E-state index >= 15 is 0 Å². The molecule has 0 aliphatic carbocycles. The minimum Gasteiger partial charge on any atom is -0.101 e. The molecule has 0 N–H and O–H groups in total. The second-order valence-electron chi connectivity index (χ2n) is 2.64.